The molecule has 1 unspecified atom stereocenters. The van der Waals surface area contributed by atoms with E-state index in [1.54, 1.807) is 26.0 Å². The molecule has 1 heterocycles. The molecule has 6 nitrogen and oxygen atoms in total. The molecule has 0 amide bonds. The molecule has 0 aliphatic rings. The van der Waals surface area contributed by atoms with E-state index in [0.29, 0.717) is 23.2 Å². The Kier molecular flexibility index (Phi) is 7.27. The van der Waals surface area contributed by atoms with Crippen LogP contribution in [0.5, 0.6) is 17.5 Å². The summed E-state index contributed by atoms with van der Waals surface area (Å²) >= 11 is 6.21. The summed E-state index contributed by atoms with van der Waals surface area (Å²) in [6, 6.07) is 12.7. The fourth-order valence-corrected chi connectivity index (χ4v) is 3.18. The van der Waals surface area contributed by atoms with Gasteiger partial charge >= 0.3 is 5.97 Å². The molecule has 0 spiro atoms. The number of carboxylic acids is 1. The summed E-state index contributed by atoms with van der Waals surface area (Å²) in [7, 11) is 0. The van der Waals surface area contributed by atoms with Gasteiger partial charge in [-0.25, -0.2) is 13.6 Å². The van der Waals surface area contributed by atoms with Crippen molar-refractivity contribution in [1.29, 1.82) is 0 Å². The Morgan fingerprint density at radius 2 is 1.81 bits per heavy atom. The Bertz CT molecular complexity index is 1140. The first-order chi connectivity index (χ1) is 15.2. The zero-order chi connectivity index (χ0) is 23.4. The largest absolute Gasteiger partial charge is 0.478 e. The maximum Gasteiger partial charge on any atom is 0.345 e. The third-order valence-electron chi connectivity index (χ3n) is 4.53. The molecular formula is C23H21ClF2N2O4. The maximum absolute atomic E-state index is 14.3. The van der Waals surface area contributed by atoms with Crippen LogP contribution in [0.25, 0.3) is 11.1 Å². The van der Waals surface area contributed by atoms with Gasteiger partial charge in [-0.1, -0.05) is 43.6 Å². The molecule has 0 saturated carbocycles. The summed E-state index contributed by atoms with van der Waals surface area (Å²) in [5, 5.41) is 9.58. The van der Waals surface area contributed by atoms with E-state index < -0.39 is 41.4 Å². The lowest BCUT2D eigenvalue weighted by atomic mass is 10.0. The number of pyridine rings is 1. The van der Waals surface area contributed by atoms with Crippen LogP contribution >= 0.6 is 11.6 Å². The van der Waals surface area contributed by atoms with Gasteiger partial charge in [0.15, 0.2) is 17.7 Å². The number of aromatic nitrogens is 1. The molecule has 0 aliphatic heterocycles. The van der Waals surface area contributed by atoms with Gasteiger partial charge < -0.3 is 20.3 Å². The number of nitrogens with zero attached hydrogens (tertiary/aromatic N) is 1. The highest BCUT2D eigenvalue weighted by molar-refractivity contribution is 6.31. The van der Waals surface area contributed by atoms with Crippen molar-refractivity contribution in [1.82, 2.24) is 4.98 Å². The van der Waals surface area contributed by atoms with Gasteiger partial charge in [-0.15, -0.1) is 0 Å². The molecule has 3 rings (SSSR count). The minimum Gasteiger partial charge on any atom is -0.478 e. The number of benzene rings is 2. The van der Waals surface area contributed by atoms with Gasteiger partial charge in [0.25, 0.3) is 11.8 Å². The van der Waals surface area contributed by atoms with Crippen molar-refractivity contribution >= 4 is 17.6 Å². The van der Waals surface area contributed by atoms with E-state index in [9.17, 15) is 18.7 Å². The molecule has 32 heavy (non-hydrogen) atoms. The lowest BCUT2D eigenvalue weighted by Gasteiger charge is -2.18. The number of halogens is 3. The van der Waals surface area contributed by atoms with Crippen LogP contribution in [-0.2, 0) is 11.3 Å². The van der Waals surface area contributed by atoms with Crippen LogP contribution in [0, 0.1) is 17.6 Å². The quantitative estimate of drug-likeness (QED) is 0.464. The van der Waals surface area contributed by atoms with Crippen molar-refractivity contribution in [3.05, 3.63) is 70.8 Å². The Balaban J connectivity index is 1.94. The highest BCUT2D eigenvalue weighted by atomic mass is 35.5. The highest BCUT2D eigenvalue weighted by Crippen LogP contribution is 2.33. The third-order valence-corrected chi connectivity index (χ3v) is 4.75. The Morgan fingerprint density at radius 3 is 2.47 bits per heavy atom. The molecule has 0 radical (unpaired) electrons. The zero-order valence-electron chi connectivity index (χ0n) is 17.3. The highest BCUT2D eigenvalue weighted by Gasteiger charge is 2.27. The summed E-state index contributed by atoms with van der Waals surface area (Å²) in [6.07, 6.45) is -1.37. The monoisotopic (exact) mass is 462 g/mol. The van der Waals surface area contributed by atoms with Gasteiger partial charge in [-0.05, 0) is 41.0 Å². The van der Waals surface area contributed by atoms with Gasteiger partial charge in [-0.3, -0.25) is 0 Å². The van der Waals surface area contributed by atoms with Gasteiger partial charge in [-0.2, -0.15) is 4.98 Å². The predicted octanol–water partition coefficient (Wildman–Crippen LogP) is 5.42. The van der Waals surface area contributed by atoms with Crippen molar-refractivity contribution in [3.63, 3.8) is 0 Å². The SMILES string of the molecule is CC(C)C(Oc1nc(Oc2cc(Cl)cc(-c3cccc(CN)c3)c2)c(F)cc1F)C(=O)O. The Labute approximate surface area is 188 Å². The van der Waals surface area contributed by atoms with Crippen LogP contribution in [0.2, 0.25) is 5.02 Å². The average Bonchev–Trinajstić information content (AvgIpc) is 2.74. The van der Waals surface area contributed by atoms with Gasteiger partial charge in [0.05, 0.1) is 0 Å². The van der Waals surface area contributed by atoms with E-state index in [1.165, 1.54) is 6.07 Å². The number of aliphatic carboxylic acids is 1. The molecule has 3 aromatic rings. The molecule has 9 heteroatoms. The number of carboxylic acid groups (broad SMARTS) is 1. The molecule has 0 aliphatic carbocycles. The van der Waals surface area contributed by atoms with E-state index in [4.69, 9.17) is 26.8 Å². The average molecular weight is 463 g/mol. The van der Waals surface area contributed by atoms with E-state index >= 15 is 0 Å². The predicted molar refractivity (Wildman–Crippen MR) is 116 cm³/mol. The molecular weight excluding hydrogens is 442 g/mol. The lowest BCUT2D eigenvalue weighted by Crippen LogP contribution is -2.32. The molecule has 0 fully saturated rings. The second-order valence-electron chi connectivity index (χ2n) is 7.37. The normalized spacial score (nSPS) is 12.0. The first-order valence-corrected chi connectivity index (χ1v) is 10.1. The van der Waals surface area contributed by atoms with Crippen LogP contribution < -0.4 is 15.2 Å². The van der Waals surface area contributed by atoms with Crippen LogP contribution in [0.15, 0.2) is 48.5 Å². The summed E-state index contributed by atoms with van der Waals surface area (Å²) in [5.74, 6) is -5.13. The van der Waals surface area contributed by atoms with E-state index in [-0.39, 0.29) is 5.75 Å². The molecule has 3 N–H and O–H groups in total. The summed E-state index contributed by atoms with van der Waals surface area (Å²) in [6.45, 7) is 3.54. The zero-order valence-corrected chi connectivity index (χ0v) is 18.1. The third kappa shape index (κ3) is 5.52. The van der Waals surface area contributed by atoms with Crippen molar-refractivity contribution in [2.45, 2.75) is 26.5 Å². The van der Waals surface area contributed by atoms with Gasteiger partial charge in [0, 0.05) is 23.6 Å². The van der Waals surface area contributed by atoms with Crippen molar-refractivity contribution < 1.29 is 28.2 Å². The fraction of sp³-hybridized carbons (Fsp3) is 0.217. The molecule has 0 bridgehead atoms. The molecule has 168 valence electrons. The first kappa shape index (κ1) is 23.4. The van der Waals surface area contributed by atoms with Crippen LogP contribution in [-0.4, -0.2) is 22.2 Å². The number of carbonyl (C=O) groups is 1. The molecule has 2 aromatic carbocycles. The minimum atomic E-state index is -1.37. The second kappa shape index (κ2) is 9.93. The summed E-state index contributed by atoms with van der Waals surface area (Å²) in [5.41, 5.74) is 8.11. The second-order valence-corrected chi connectivity index (χ2v) is 7.80. The van der Waals surface area contributed by atoms with E-state index in [0.717, 1.165) is 11.1 Å². The van der Waals surface area contributed by atoms with Crippen molar-refractivity contribution in [3.8, 4) is 28.6 Å². The van der Waals surface area contributed by atoms with Crippen LogP contribution in [0.3, 0.4) is 0 Å². The van der Waals surface area contributed by atoms with Crippen molar-refractivity contribution in [2.75, 3.05) is 0 Å². The number of ether oxygens (including phenoxy) is 2. The molecule has 1 aromatic heterocycles. The lowest BCUT2D eigenvalue weighted by molar-refractivity contribution is -0.147. The number of hydrogen-bond donors (Lipinski definition) is 2. The maximum atomic E-state index is 14.3. The molecule has 1 atom stereocenters. The number of nitrogens with two attached hydrogens (primary N) is 1. The smallest absolute Gasteiger partial charge is 0.345 e. The minimum absolute atomic E-state index is 0.147. The van der Waals surface area contributed by atoms with Crippen LogP contribution in [0.4, 0.5) is 8.78 Å². The fourth-order valence-electron chi connectivity index (χ4n) is 2.96. The Morgan fingerprint density at radius 1 is 1.09 bits per heavy atom. The number of rotatable bonds is 8. The first-order valence-electron chi connectivity index (χ1n) is 9.71. The molecule has 0 saturated heterocycles. The number of hydrogen-bond acceptors (Lipinski definition) is 5. The van der Waals surface area contributed by atoms with Crippen molar-refractivity contribution in [2.24, 2.45) is 11.7 Å². The van der Waals surface area contributed by atoms with Gasteiger partial charge in [0.1, 0.15) is 5.75 Å². The van der Waals surface area contributed by atoms with E-state index in [1.807, 2.05) is 24.3 Å². The standard InChI is InChI=1S/C23H21ClF2N2O4/c1-12(2)20(23(29)30)32-22-19(26)10-18(25)21(28-22)31-17-8-15(7-16(24)9-17)14-5-3-4-13(6-14)11-27/h3-10,12,20H,11,27H2,1-2H3,(H,29,30). The summed E-state index contributed by atoms with van der Waals surface area (Å²) < 4.78 is 39.2. The van der Waals surface area contributed by atoms with Gasteiger partial charge in [0.2, 0.25) is 0 Å². The Hall–Kier alpha value is -3.23. The summed E-state index contributed by atoms with van der Waals surface area (Å²) in [4.78, 5) is 15.1. The van der Waals surface area contributed by atoms with Crippen LogP contribution in [0.1, 0.15) is 19.4 Å². The van der Waals surface area contributed by atoms with E-state index in [2.05, 4.69) is 4.98 Å². The topological polar surface area (TPSA) is 94.7 Å².